The van der Waals surface area contributed by atoms with E-state index in [4.69, 9.17) is 5.73 Å². The summed E-state index contributed by atoms with van der Waals surface area (Å²) in [4.78, 5) is 14.8. The minimum Gasteiger partial charge on any atom is -0.341 e. The Hall–Kier alpha value is -1.31. The summed E-state index contributed by atoms with van der Waals surface area (Å²) >= 11 is 1.64. The van der Waals surface area contributed by atoms with E-state index in [9.17, 15) is 4.79 Å². The second-order valence-corrected chi connectivity index (χ2v) is 5.70. The lowest BCUT2D eigenvalue weighted by atomic mass is 10.2. The Kier molecular flexibility index (Phi) is 4.40. The molecular weight excluding hydrogens is 244 g/mol. The molecule has 3 nitrogen and oxygen atoms in total. The van der Waals surface area contributed by atoms with Gasteiger partial charge in [0, 0.05) is 29.3 Å². The molecule has 0 radical (unpaired) electrons. The number of hydrogen-bond acceptors (Lipinski definition) is 3. The van der Waals surface area contributed by atoms with Crippen molar-refractivity contribution >= 4 is 17.2 Å². The number of thiophene rings is 1. The molecule has 1 fully saturated rings. The minimum atomic E-state index is 0.250. The molecule has 96 valence electrons. The Morgan fingerprint density at radius 1 is 1.61 bits per heavy atom. The molecule has 1 aliphatic carbocycles. The first kappa shape index (κ1) is 13.1. The van der Waals surface area contributed by atoms with Crippen molar-refractivity contribution in [2.75, 3.05) is 13.6 Å². The van der Waals surface area contributed by atoms with Gasteiger partial charge in [0.1, 0.15) is 0 Å². The van der Waals surface area contributed by atoms with Crippen LogP contribution in [-0.2, 0) is 11.3 Å². The molecule has 1 amide bonds. The van der Waals surface area contributed by atoms with E-state index in [0.29, 0.717) is 25.4 Å². The van der Waals surface area contributed by atoms with Crippen LogP contribution in [0.25, 0.3) is 0 Å². The van der Waals surface area contributed by atoms with Crippen molar-refractivity contribution in [1.29, 1.82) is 0 Å². The van der Waals surface area contributed by atoms with Crippen LogP contribution in [0.5, 0.6) is 0 Å². The number of amides is 1. The van der Waals surface area contributed by atoms with Crippen LogP contribution in [0.3, 0.4) is 0 Å². The topological polar surface area (TPSA) is 46.3 Å². The van der Waals surface area contributed by atoms with Gasteiger partial charge in [0.25, 0.3) is 0 Å². The van der Waals surface area contributed by atoms with Crippen LogP contribution < -0.4 is 5.73 Å². The zero-order chi connectivity index (χ0) is 13.0. The number of hydrogen-bond donors (Lipinski definition) is 1. The van der Waals surface area contributed by atoms with Gasteiger partial charge in [-0.15, -0.1) is 11.3 Å². The van der Waals surface area contributed by atoms with Gasteiger partial charge in [-0.05, 0) is 24.8 Å². The van der Waals surface area contributed by atoms with Crippen LogP contribution in [0.2, 0.25) is 0 Å². The van der Waals surface area contributed by atoms with E-state index in [1.54, 1.807) is 11.3 Å². The molecule has 18 heavy (non-hydrogen) atoms. The molecule has 1 aliphatic rings. The molecule has 0 aromatic carbocycles. The molecule has 0 unspecified atom stereocenters. The van der Waals surface area contributed by atoms with Crippen molar-refractivity contribution in [2.45, 2.75) is 25.8 Å². The molecular formula is C14H18N2OS. The van der Waals surface area contributed by atoms with Crippen LogP contribution >= 0.6 is 11.3 Å². The van der Waals surface area contributed by atoms with Gasteiger partial charge in [0.2, 0.25) is 5.91 Å². The fourth-order valence-corrected chi connectivity index (χ4v) is 2.60. The van der Waals surface area contributed by atoms with E-state index in [-0.39, 0.29) is 5.91 Å². The van der Waals surface area contributed by atoms with Crippen LogP contribution in [0.15, 0.2) is 11.4 Å². The number of nitrogens with two attached hydrogens (primary N) is 1. The maximum absolute atomic E-state index is 11.9. The highest BCUT2D eigenvalue weighted by molar-refractivity contribution is 7.10. The third-order valence-corrected chi connectivity index (χ3v) is 3.89. The largest absolute Gasteiger partial charge is 0.341 e. The third-order valence-electron chi connectivity index (χ3n) is 2.97. The average molecular weight is 262 g/mol. The fraction of sp³-hybridized carbons (Fsp3) is 0.500. The van der Waals surface area contributed by atoms with Gasteiger partial charge >= 0.3 is 0 Å². The van der Waals surface area contributed by atoms with Crippen molar-refractivity contribution in [3.05, 3.63) is 21.9 Å². The second-order valence-electron chi connectivity index (χ2n) is 4.70. The Morgan fingerprint density at radius 2 is 2.39 bits per heavy atom. The number of carbonyl (C=O) groups excluding carboxylic acids is 1. The number of rotatable bonds is 4. The zero-order valence-corrected chi connectivity index (χ0v) is 11.4. The molecule has 0 atom stereocenters. The highest BCUT2D eigenvalue weighted by atomic mass is 32.1. The molecule has 0 saturated heterocycles. The van der Waals surface area contributed by atoms with Crippen molar-refractivity contribution in [1.82, 2.24) is 4.90 Å². The van der Waals surface area contributed by atoms with E-state index in [1.165, 1.54) is 17.7 Å². The lowest BCUT2D eigenvalue weighted by Crippen LogP contribution is -2.25. The number of carbonyl (C=O) groups is 1. The summed E-state index contributed by atoms with van der Waals surface area (Å²) in [6.07, 6.45) is 3.15. The lowest BCUT2D eigenvalue weighted by Gasteiger charge is -2.15. The smallest absolute Gasteiger partial charge is 0.222 e. The van der Waals surface area contributed by atoms with E-state index >= 15 is 0 Å². The molecule has 0 spiro atoms. The molecule has 2 N–H and O–H groups in total. The zero-order valence-electron chi connectivity index (χ0n) is 10.6. The van der Waals surface area contributed by atoms with Crippen molar-refractivity contribution in [3.63, 3.8) is 0 Å². The summed E-state index contributed by atoms with van der Waals surface area (Å²) in [5.74, 6) is 6.73. The Balaban J connectivity index is 1.87. The van der Waals surface area contributed by atoms with E-state index in [2.05, 4.69) is 11.8 Å². The van der Waals surface area contributed by atoms with Crippen LogP contribution in [0.4, 0.5) is 0 Å². The summed E-state index contributed by atoms with van der Waals surface area (Å²) in [6.45, 7) is 1.06. The summed E-state index contributed by atoms with van der Waals surface area (Å²) in [6, 6.07) is 2.04. The summed E-state index contributed by atoms with van der Waals surface area (Å²) < 4.78 is 0. The van der Waals surface area contributed by atoms with E-state index in [0.717, 1.165) is 5.56 Å². The lowest BCUT2D eigenvalue weighted by molar-refractivity contribution is -0.130. The van der Waals surface area contributed by atoms with Crippen LogP contribution in [0.1, 0.15) is 29.7 Å². The first-order valence-corrected chi connectivity index (χ1v) is 7.07. The predicted molar refractivity (Wildman–Crippen MR) is 74.1 cm³/mol. The summed E-state index contributed by atoms with van der Waals surface area (Å²) in [5, 5.41) is 2.01. The normalized spacial score (nSPS) is 13.9. The van der Waals surface area contributed by atoms with Gasteiger partial charge in [0.15, 0.2) is 0 Å². The first-order chi connectivity index (χ1) is 8.69. The SMILES string of the molecule is CN(Cc1cc(C#CCN)cs1)C(=O)CC1CC1. The molecule has 2 rings (SSSR count). The molecule has 0 bridgehead atoms. The molecule has 0 aliphatic heterocycles. The molecule has 1 aromatic rings. The minimum absolute atomic E-state index is 0.250. The third kappa shape index (κ3) is 3.86. The highest BCUT2D eigenvalue weighted by Gasteiger charge is 2.25. The van der Waals surface area contributed by atoms with Gasteiger partial charge in [-0.1, -0.05) is 11.8 Å². The van der Waals surface area contributed by atoms with E-state index in [1.807, 2.05) is 23.4 Å². The maximum Gasteiger partial charge on any atom is 0.222 e. The van der Waals surface area contributed by atoms with Gasteiger partial charge < -0.3 is 10.6 Å². The molecule has 1 heterocycles. The number of nitrogens with zero attached hydrogens (tertiary/aromatic N) is 1. The molecule has 1 saturated carbocycles. The van der Waals surface area contributed by atoms with Gasteiger partial charge in [-0.2, -0.15) is 0 Å². The monoisotopic (exact) mass is 262 g/mol. The maximum atomic E-state index is 11.9. The van der Waals surface area contributed by atoms with Crippen molar-refractivity contribution in [2.24, 2.45) is 11.7 Å². The Labute approximate surface area is 112 Å². The standard InChI is InChI=1S/C14H18N2OS/c1-16(14(17)8-11-4-5-11)9-13-7-12(10-18-13)3-2-6-15/h7,10-11H,4-6,8-9,15H2,1H3. The van der Waals surface area contributed by atoms with Gasteiger partial charge in [-0.25, -0.2) is 0 Å². The quantitative estimate of drug-likeness (QED) is 0.841. The summed E-state index contributed by atoms with van der Waals surface area (Å²) in [5.41, 5.74) is 6.32. The second kappa shape index (κ2) is 6.03. The Bertz CT molecular complexity index is 479. The van der Waals surface area contributed by atoms with E-state index < -0.39 is 0 Å². The van der Waals surface area contributed by atoms with Crippen molar-refractivity contribution in [3.8, 4) is 11.8 Å². The van der Waals surface area contributed by atoms with Crippen LogP contribution in [0, 0.1) is 17.8 Å². The summed E-state index contributed by atoms with van der Waals surface area (Å²) in [7, 11) is 1.87. The Morgan fingerprint density at radius 3 is 3.06 bits per heavy atom. The fourth-order valence-electron chi connectivity index (χ4n) is 1.73. The first-order valence-electron chi connectivity index (χ1n) is 6.19. The predicted octanol–water partition coefficient (Wildman–Crippen LogP) is 1.82. The molecule has 1 aromatic heterocycles. The van der Waals surface area contributed by atoms with Crippen LogP contribution in [-0.4, -0.2) is 24.4 Å². The van der Waals surface area contributed by atoms with Gasteiger partial charge in [0.05, 0.1) is 13.1 Å². The van der Waals surface area contributed by atoms with Crippen molar-refractivity contribution < 1.29 is 4.79 Å². The average Bonchev–Trinajstić information content (AvgIpc) is 3.05. The molecule has 4 heteroatoms. The van der Waals surface area contributed by atoms with Gasteiger partial charge in [-0.3, -0.25) is 4.79 Å². The highest BCUT2D eigenvalue weighted by Crippen LogP contribution is 2.32.